The van der Waals surface area contributed by atoms with Crippen LogP contribution < -0.4 is 10.6 Å². The molecule has 4 nitrogen and oxygen atoms in total. The van der Waals surface area contributed by atoms with E-state index >= 15 is 0 Å². The van der Waals surface area contributed by atoms with Crippen LogP contribution in [0.1, 0.15) is 6.42 Å². The Bertz CT molecular complexity index is 496. The fourth-order valence-electron chi connectivity index (χ4n) is 1.88. The maximum atomic E-state index is 5.98. The van der Waals surface area contributed by atoms with Crippen molar-refractivity contribution in [1.29, 1.82) is 0 Å². The third-order valence-electron chi connectivity index (χ3n) is 2.87. The molecule has 2 N–H and O–H groups in total. The monoisotopic (exact) mass is 264 g/mol. The van der Waals surface area contributed by atoms with Crippen LogP contribution in [0.15, 0.2) is 36.9 Å². The summed E-state index contributed by atoms with van der Waals surface area (Å²) in [6.45, 7) is 1.87. The number of nitrogens with zero attached hydrogens (tertiary/aromatic N) is 3. The molecule has 1 heterocycles. The zero-order valence-electron chi connectivity index (χ0n) is 10.4. The normalized spacial score (nSPS) is 10.6. The molecule has 0 aliphatic rings. The minimum absolute atomic E-state index is 0.709. The van der Waals surface area contributed by atoms with Crippen molar-refractivity contribution in [2.75, 3.05) is 24.2 Å². The smallest absolute Gasteiger partial charge is 0.0945 e. The van der Waals surface area contributed by atoms with Crippen LogP contribution in [0.5, 0.6) is 0 Å². The lowest BCUT2D eigenvalue weighted by molar-refractivity contribution is 0.638. The summed E-state index contributed by atoms with van der Waals surface area (Å²) in [6, 6.07) is 5.54. The van der Waals surface area contributed by atoms with E-state index in [2.05, 4.69) is 14.5 Å². The fourth-order valence-corrected chi connectivity index (χ4v) is 2.04. The maximum Gasteiger partial charge on any atom is 0.0945 e. The number of anilines is 2. The molecule has 2 aromatic rings. The SMILES string of the molecule is CN(CCCn1ccnc1)c1cc(Cl)ccc1N. The standard InChI is InChI=1S/C13H17ClN4/c1-17(6-2-7-18-8-5-16-10-18)13-9-11(14)3-4-12(13)15/h3-5,8-10H,2,6-7,15H2,1H3. The zero-order valence-corrected chi connectivity index (χ0v) is 11.1. The summed E-state index contributed by atoms with van der Waals surface area (Å²) in [5.41, 5.74) is 7.68. The lowest BCUT2D eigenvalue weighted by Gasteiger charge is -2.21. The van der Waals surface area contributed by atoms with Gasteiger partial charge in [-0.25, -0.2) is 4.98 Å². The molecule has 0 fully saturated rings. The number of imidazole rings is 1. The van der Waals surface area contributed by atoms with Gasteiger partial charge in [0.05, 0.1) is 17.7 Å². The topological polar surface area (TPSA) is 47.1 Å². The molecule has 0 unspecified atom stereocenters. The van der Waals surface area contributed by atoms with Crippen molar-refractivity contribution < 1.29 is 0 Å². The highest BCUT2D eigenvalue weighted by Crippen LogP contribution is 2.26. The molecule has 18 heavy (non-hydrogen) atoms. The lowest BCUT2D eigenvalue weighted by atomic mass is 10.2. The Balaban J connectivity index is 1.91. The summed E-state index contributed by atoms with van der Waals surface area (Å²) >= 11 is 5.98. The molecule has 0 aliphatic carbocycles. The van der Waals surface area contributed by atoms with E-state index in [0.29, 0.717) is 5.02 Å². The van der Waals surface area contributed by atoms with Crippen molar-refractivity contribution >= 4 is 23.0 Å². The Labute approximate surface area is 112 Å². The van der Waals surface area contributed by atoms with Gasteiger partial charge in [0.25, 0.3) is 0 Å². The maximum absolute atomic E-state index is 5.98. The van der Waals surface area contributed by atoms with E-state index in [-0.39, 0.29) is 0 Å². The van der Waals surface area contributed by atoms with Gasteiger partial charge in [-0.15, -0.1) is 0 Å². The number of halogens is 1. The summed E-state index contributed by atoms with van der Waals surface area (Å²) in [5, 5.41) is 0.709. The van der Waals surface area contributed by atoms with Gasteiger partial charge < -0.3 is 15.2 Å². The van der Waals surface area contributed by atoms with Crippen molar-refractivity contribution in [2.24, 2.45) is 0 Å². The molecule has 2 rings (SSSR count). The molecule has 0 amide bonds. The highest BCUT2D eigenvalue weighted by Gasteiger charge is 2.05. The molecule has 0 radical (unpaired) electrons. The summed E-state index contributed by atoms with van der Waals surface area (Å²) < 4.78 is 2.06. The summed E-state index contributed by atoms with van der Waals surface area (Å²) in [5.74, 6) is 0. The van der Waals surface area contributed by atoms with Crippen molar-refractivity contribution in [2.45, 2.75) is 13.0 Å². The number of hydrogen-bond donors (Lipinski definition) is 1. The largest absolute Gasteiger partial charge is 0.397 e. The Kier molecular flexibility index (Phi) is 4.10. The van der Waals surface area contributed by atoms with Gasteiger partial charge in [-0.2, -0.15) is 0 Å². The van der Waals surface area contributed by atoms with E-state index in [0.717, 1.165) is 30.9 Å². The van der Waals surface area contributed by atoms with Crippen molar-refractivity contribution in [1.82, 2.24) is 9.55 Å². The van der Waals surface area contributed by atoms with Gasteiger partial charge in [0.2, 0.25) is 0 Å². The van der Waals surface area contributed by atoms with E-state index in [1.807, 2.05) is 31.7 Å². The quantitative estimate of drug-likeness (QED) is 0.845. The lowest BCUT2D eigenvalue weighted by Crippen LogP contribution is -2.20. The van der Waals surface area contributed by atoms with Crippen LogP contribution in [-0.2, 0) is 6.54 Å². The number of nitrogen functional groups attached to an aromatic ring is 1. The molecule has 5 heteroatoms. The van der Waals surface area contributed by atoms with Gasteiger partial charge in [0.15, 0.2) is 0 Å². The molecule has 0 aliphatic heterocycles. The minimum Gasteiger partial charge on any atom is -0.397 e. The van der Waals surface area contributed by atoms with Crippen LogP contribution in [-0.4, -0.2) is 23.1 Å². The van der Waals surface area contributed by atoms with Crippen LogP contribution >= 0.6 is 11.6 Å². The molecule has 1 aromatic heterocycles. The first-order chi connectivity index (χ1) is 8.66. The second-order valence-corrected chi connectivity index (χ2v) is 4.72. The molecule has 0 bridgehead atoms. The van der Waals surface area contributed by atoms with Crippen LogP contribution in [0.3, 0.4) is 0 Å². The number of benzene rings is 1. The van der Waals surface area contributed by atoms with Crippen LogP contribution in [0.25, 0.3) is 0 Å². The molecule has 0 spiro atoms. The predicted octanol–water partition coefficient (Wildman–Crippen LogP) is 2.65. The Morgan fingerprint density at radius 1 is 1.44 bits per heavy atom. The summed E-state index contributed by atoms with van der Waals surface area (Å²) in [6.07, 6.45) is 6.61. The highest BCUT2D eigenvalue weighted by molar-refractivity contribution is 6.31. The minimum atomic E-state index is 0.709. The van der Waals surface area contributed by atoms with E-state index in [9.17, 15) is 0 Å². The molecule has 0 atom stereocenters. The number of aromatic nitrogens is 2. The molecule has 96 valence electrons. The number of hydrogen-bond acceptors (Lipinski definition) is 3. The fraction of sp³-hybridized carbons (Fsp3) is 0.308. The third-order valence-corrected chi connectivity index (χ3v) is 3.11. The molecular formula is C13H17ClN4. The van der Waals surface area contributed by atoms with Gasteiger partial charge >= 0.3 is 0 Å². The predicted molar refractivity (Wildman–Crippen MR) is 76.0 cm³/mol. The van der Waals surface area contributed by atoms with Crippen molar-refractivity contribution in [3.05, 3.63) is 41.9 Å². The van der Waals surface area contributed by atoms with Crippen LogP contribution in [0.2, 0.25) is 5.02 Å². The Morgan fingerprint density at radius 2 is 2.28 bits per heavy atom. The average Bonchev–Trinajstić information content (AvgIpc) is 2.85. The first-order valence-corrected chi connectivity index (χ1v) is 6.26. The average molecular weight is 265 g/mol. The first kappa shape index (κ1) is 12.8. The molecular weight excluding hydrogens is 248 g/mol. The third kappa shape index (κ3) is 3.17. The first-order valence-electron chi connectivity index (χ1n) is 5.89. The molecule has 1 aromatic carbocycles. The number of aryl methyl sites for hydroxylation is 1. The summed E-state index contributed by atoms with van der Waals surface area (Å²) in [4.78, 5) is 6.14. The van der Waals surface area contributed by atoms with Crippen molar-refractivity contribution in [3.8, 4) is 0 Å². The van der Waals surface area contributed by atoms with Gasteiger partial charge in [-0.05, 0) is 24.6 Å². The van der Waals surface area contributed by atoms with E-state index in [1.165, 1.54) is 0 Å². The van der Waals surface area contributed by atoms with Crippen molar-refractivity contribution in [3.63, 3.8) is 0 Å². The second kappa shape index (κ2) is 5.78. The van der Waals surface area contributed by atoms with Gasteiger partial charge in [-0.1, -0.05) is 11.6 Å². The van der Waals surface area contributed by atoms with Gasteiger partial charge in [-0.3, -0.25) is 0 Å². The van der Waals surface area contributed by atoms with E-state index < -0.39 is 0 Å². The Hall–Kier alpha value is -1.68. The zero-order chi connectivity index (χ0) is 13.0. The number of nitrogens with two attached hydrogens (primary N) is 1. The summed E-state index contributed by atoms with van der Waals surface area (Å²) in [7, 11) is 2.02. The highest BCUT2D eigenvalue weighted by atomic mass is 35.5. The van der Waals surface area contributed by atoms with Crippen LogP contribution in [0, 0.1) is 0 Å². The second-order valence-electron chi connectivity index (χ2n) is 4.28. The molecule has 0 saturated heterocycles. The van der Waals surface area contributed by atoms with Crippen LogP contribution in [0.4, 0.5) is 11.4 Å². The van der Waals surface area contributed by atoms with E-state index in [4.69, 9.17) is 17.3 Å². The van der Waals surface area contributed by atoms with Gasteiger partial charge in [0.1, 0.15) is 0 Å². The number of rotatable bonds is 5. The van der Waals surface area contributed by atoms with Gasteiger partial charge in [0, 0.05) is 37.6 Å². The molecule has 0 saturated carbocycles. The Morgan fingerprint density at radius 3 is 3.00 bits per heavy atom. The van der Waals surface area contributed by atoms with E-state index in [1.54, 1.807) is 12.3 Å².